The molecule has 0 saturated heterocycles. The number of hydrogen-bond acceptors (Lipinski definition) is 2. The van der Waals surface area contributed by atoms with Crippen LogP contribution in [0.4, 0.5) is 0 Å². The highest BCUT2D eigenvalue weighted by atomic mass is 35.5. The van der Waals surface area contributed by atoms with Crippen molar-refractivity contribution in [1.82, 2.24) is 5.32 Å². The summed E-state index contributed by atoms with van der Waals surface area (Å²) in [7, 11) is 0. The Morgan fingerprint density at radius 2 is 2.05 bits per heavy atom. The van der Waals surface area contributed by atoms with E-state index in [9.17, 15) is 9.59 Å². The quantitative estimate of drug-likeness (QED) is 0.848. The van der Waals surface area contributed by atoms with E-state index in [-0.39, 0.29) is 5.91 Å². The predicted octanol–water partition coefficient (Wildman–Crippen LogP) is 2.99. The summed E-state index contributed by atoms with van der Waals surface area (Å²) in [4.78, 5) is 23.5. The second kappa shape index (κ2) is 6.75. The summed E-state index contributed by atoms with van der Waals surface area (Å²) in [5.74, 6) is -1.33. The molecule has 1 aromatic rings. The summed E-state index contributed by atoms with van der Waals surface area (Å²) >= 11 is 5.94. The lowest BCUT2D eigenvalue weighted by atomic mass is 9.83. The van der Waals surface area contributed by atoms with Crippen LogP contribution in [0.2, 0.25) is 5.02 Å². The molecule has 2 N–H and O–H groups in total. The van der Waals surface area contributed by atoms with Crippen LogP contribution in [0.15, 0.2) is 24.3 Å². The van der Waals surface area contributed by atoms with Crippen molar-refractivity contribution in [3.63, 3.8) is 0 Å². The maximum Gasteiger partial charge on any atom is 0.326 e. The van der Waals surface area contributed by atoms with E-state index in [1.807, 2.05) is 6.92 Å². The van der Waals surface area contributed by atoms with Gasteiger partial charge >= 0.3 is 5.97 Å². The number of rotatable bonds is 6. The van der Waals surface area contributed by atoms with E-state index in [2.05, 4.69) is 5.32 Å². The van der Waals surface area contributed by atoms with Gasteiger partial charge in [-0.15, -0.1) is 0 Å². The molecular formula is C15H20ClNO3. The molecule has 0 saturated carbocycles. The number of halogens is 1. The van der Waals surface area contributed by atoms with Gasteiger partial charge in [0.1, 0.15) is 6.04 Å². The first kappa shape index (κ1) is 16.5. The summed E-state index contributed by atoms with van der Waals surface area (Å²) in [6, 6.07) is 6.17. The Morgan fingerprint density at radius 1 is 1.40 bits per heavy atom. The van der Waals surface area contributed by atoms with Crippen molar-refractivity contribution in [3.8, 4) is 0 Å². The van der Waals surface area contributed by atoms with Crippen molar-refractivity contribution in [2.45, 2.75) is 45.1 Å². The number of carboxylic acid groups (broad SMARTS) is 1. The molecular weight excluding hydrogens is 278 g/mol. The van der Waals surface area contributed by atoms with Crippen LogP contribution in [0.1, 0.15) is 39.2 Å². The van der Waals surface area contributed by atoms with Crippen molar-refractivity contribution in [3.05, 3.63) is 34.9 Å². The standard InChI is InChI=1S/C15H20ClNO3/c1-4-6-12(13(18)19)17-14(20)15(2,3)10-7-5-8-11(16)9-10/h5,7-9,12H,4,6H2,1-3H3,(H,17,20)(H,18,19). The number of hydrogen-bond donors (Lipinski definition) is 2. The van der Waals surface area contributed by atoms with Crippen molar-refractivity contribution >= 4 is 23.5 Å². The van der Waals surface area contributed by atoms with Gasteiger partial charge in [-0.1, -0.05) is 37.1 Å². The van der Waals surface area contributed by atoms with Crippen molar-refractivity contribution in [2.75, 3.05) is 0 Å². The Kier molecular flexibility index (Phi) is 5.57. The van der Waals surface area contributed by atoms with Gasteiger partial charge in [-0.25, -0.2) is 4.79 Å². The first-order valence-electron chi connectivity index (χ1n) is 6.58. The lowest BCUT2D eigenvalue weighted by molar-refractivity contribution is -0.142. The molecule has 1 amide bonds. The molecule has 0 aliphatic rings. The minimum absolute atomic E-state index is 0.319. The van der Waals surface area contributed by atoms with Crippen LogP contribution < -0.4 is 5.32 Å². The highest BCUT2D eigenvalue weighted by Gasteiger charge is 2.32. The van der Waals surface area contributed by atoms with Crippen LogP contribution in [0.5, 0.6) is 0 Å². The third-order valence-electron chi connectivity index (χ3n) is 3.29. The molecule has 0 heterocycles. The molecule has 1 rings (SSSR count). The van der Waals surface area contributed by atoms with Crippen molar-refractivity contribution < 1.29 is 14.7 Å². The Hall–Kier alpha value is -1.55. The van der Waals surface area contributed by atoms with E-state index in [1.165, 1.54) is 0 Å². The number of amides is 1. The lowest BCUT2D eigenvalue weighted by Gasteiger charge is -2.26. The Labute approximate surface area is 124 Å². The average molecular weight is 298 g/mol. The molecule has 0 aliphatic carbocycles. The fourth-order valence-electron chi connectivity index (χ4n) is 1.89. The zero-order valence-corrected chi connectivity index (χ0v) is 12.7. The molecule has 0 fully saturated rings. The maximum atomic E-state index is 12.3. The van der Waals surface area contributed by atoms with Gasteiger partial charge in [0.2, 0.25) is 5.91 Å². The van der Waals surface area contributed by atoms with E-state index in [0.29, 0.717) is 17.9 Å². The second-order valence-electron chi connectivity index (χ2n) is 5.29. The average Bonchev–Trinajstić information content (AvgIpc) is 2.37. The van der Waals surface area contributed by atoms with E-state index >= 15 is 0 Å². The third kappa shape index (κ3) is 3.97. The van der Waals surface area contributed by atoms with Crippen molar-refractivity contribution in [1.29, 1.82) is 0 Å². The van der Waals surface area contributed by atoms with E-state index < -0.39 is 17.4 Å². The lowest BCUT2D eigenvalue weighted by Crippen LogP contribution is -2.48. The molecule has 1 unspecified atom stereocenters. The molecule has 0 radical (unpaired) electrons. The summed E-state index contributed by atoms with van der Waals surface area (Å²) in [6.07, 6.45) is 1.10. The highest BCUT2D eigenvalue weighted by Crippen LogP contribution is 2.26. The fourth-order valence-corrected chi connectivity index (χ4v) is 2.08. The Morgan fingerprint density at radius 3 is 2.55 bits per heavy atom. The molecule has 4 nitrogen and oxygen atoms in total. The molecule has 0 aromatic heterocycles. The molecule has 0 aliphatic heterocycles. The first-order chi connectivity index (χ1) is 9.28. The van der Waals surface area contributed by atoms with Gasteiger partial charge in [0, 0.05) is 5.02 Å². The smallest absolute Gasteiger partial charge is 0.326 e. The Bertz CT molecular complexity index is 500. The molecule has 20 heavy (non-hydrogen) atoms. The van der Waals surface area contributed by atoms with Gasteiger partial charge in [0.15, 0.2) is 0 Å². The SMILES string of the molecule is CCCC(NC(=O)C(C)(C)c1cccc(Cl)c1)C(=O)O. The fraction of sp³-hybridized carbons (Fsp3) is 0.467. The minimum Gasteiger partial charge on any atom is -0.480 e. The number of benzene rings is 1. The third-order valence-corrected chi connectivity index (χ3v) is 3.53. The number of nitrogens with one attached hydrogen (secondary N) is 1. The zero-order chi connectivity index (χ0) is 15.3. The normalized spacial score (nSPS) is 12.8. The first-order valence-corrected chi connectivity index (χ1v) is 6.96. The van der Waals surface area contributed by atoms with Gasteiger partial charge in [-0.05, 0) is 38.0 Å². The number of carboxylic acids is 1. The molecule has 1 atom stereocenters. The molecule has 0 bridgehead atoms. The number of carbonyl (C=O) groups is 2. The van der Waals surface area contributed by atoms with E-state index in [1.54, 1.807) is 38.1 Å². The predicted molar refractivity (Wildman–Crippen MR) is 79.0 cm³/mol. The van der Waals surface area contributed by atoms with Crippen LogP contribution in [0.3, 0.4) is 0 Å². The molecule has 1 aromatic carbocycles. The van der Waals surface area contributed by atoms with Gasteiger partial charge in [0.05, 0.1) is 5.41 Å². The van der Waals surface area contributed by atoms with Crippen LogP contribution in [-0.2, 0) is 15.0 Å². The van der Waals surface area contributed by atoms with Crippen LogP contribution in [-0.4, -0.2) is 23.0 Å². The van der Waals surface area contributed by atoms with E-state index in [0.717, 1.165) is 5.56 Å². The summed E-state index contributed by atoms with van der Waals surface area (Å²) in [5.41, 5.74) is -0.0880. The summed E-state index contributed by atoms with van der Waals surface area (Å²) in [6.45, 7) is 5.38. The zero-order valence-electron chi connectivity index (χ0n) is 11.9. The van der Waals surface area contributed by atoms with E-state index in [4.69, 9.17) is 16.7 Å². The number of carbonyl (C=O) groups excluding carboxylic acids is 1. The van der Waals surface area contributed by atoms with Crippen LogP contribution in [0, 0.1) is 0 Å². The number of aliphatic carboxylic acids is 1. The maximum absolute atomic E-state index is 12.3. The monoisotopic (exact) mass is 297 g/mol. The topological polar surface area (TPSA) is 66.4 Å². The molecule has 0 spiro atoms. The largest absolute Gasteiger partial charge is 0.480 e. The van der Waals surface area contributed by atoms with Gasteiger partial charge < -0.3 is 10.4 Å². The summed E-state index contributed by atoms with van der Waals surface area (Å²) < 4.78 is 0. The highest BCUT2D eigenvalue weighted by molar-refractivity contribution is 6.30. The Balaban J connectivity index is 2.91. The summed E-state index contributed by atoms with van der Waals surface area (Å²) in [5, 5.41) is 12.2. The van der Waals surface area contributed by atoms with Gasteiger partial charge in [-0.2, -0.15) is 0 Å². The van der Waals surface area contributed by atoms with Crippen LogP contribution >= 0.6 is 11.6 Å². The minimum atomic E-state index is -1.01. The van der Waals surface area contributed by atoms with Crippen LogP contribution in [0.25, 0.3) is 0 Å². The van der Waals surface area contributed by atoms with Gasteiger partial charge in [0.25, 0.3) is 0 Å². The van der Waals surface area contributed by atoms with Crippen molar-refractivity contribution in [2.24, 2.45) is 0 Å². The molecule has 110 valence electrons. The second-order valence-corrected chi connectivity index (χ2v) is 5.72. The van der Waals surface area contributed by atoms with Gasteiger partial charge in [-0.3, -0.25) is 4.79 Å². The molecule has 5 heteroatoms.